The summed E-state index contributed by atoms with van der Waals surface area (Å²) < 4.78 is 11.1. The fourth-order valence-electron chi connectivity index (χ4n) is 4.56. The molecule has 1 amide bonds. The van der Waals surface area contributed by atoms with E-state index >= 15 is 0 Å². The SMILES string of the molecule is CCOc1cc(C2NC(=O)c3c(sc4c3CCC(C(C)(C)CC)C4)N2)ccc1OC. The van der Waals surface area contributed by atoms with Crippen molar-refractivity contribution >= 4 is 22.2 Å². The van der Waals surface area contributed by atoms with Crippen molar-refractivity contribution in [3.05, 3.63) is 39.8 Å². The van der Waals surface area contributed by atoms with Gasteiger partial charge in [-0.15, -0.1) is 11.3 Å². The van der Waals surface area contributed by atoms with Crippen LogP contribution in [0.5, 0.6) is 11.5 Å². The molecule has 2 unspecified atom stereocenters. The number of fused-ring (bicyclic) bond motifs is 3. The third-order valence-electron chi connectivity index (χ3n) is 6.88. The number of amides is 1. The summed E-state index contributed by atoms with van der Waals surface area (Å²) in [6, 6.07) is 5.80. The molecule has 5 nitrogen and oxygen atoms in total. The van der Waals surface area contributed by atoms with Crippen molar-refractivity contribution in [1.82, 2.24) is 5.32 Å². The number of nitrogens with one attached hydrogen (secondary N) is 2. The summed E-state index contributed by atoms with van der Waals surface area (Å²) >= 11 is 1.76. The first-order valence-corrected chi connectivity index (χ1v) is 11.7. The number of carbonyl (C=O) groups excluding carboxylic acids is 1. The van der Waals surface area contributed by atoms with E-state index in [4.69, 9.17) is 9.47 Å². The highest BCUT2D eigenvalue weighted by Gasteiger charge is 2.37. The van der Waals surface area contributed by atoms with Gasteiger partial charge in [0.2, 0.25) is 0 Å². The molecule has 162 valence electrons. The Morgan fingerprint density at radius 2 is 2.00 bits per heavy atom. The van der Waals surface area contributed by atoms with Gasteiger partial charge in [-0.3, -0.25) is 4.79 Å². The number of ether oxygens (including phenoxy) is 2. The van der Waals surface area contributed by atoms with Gasteiger partial charge in [0.05, 0.1) is 19.3 Å². The molecule has 2 aromatic rings. The van der Waals surface area contributed by atoms with Crippen molar-refractivity contribution < 1.29 is 14.3 Å². The minimum atomic E-state index is -0.280. The number of rotatable bonds is 6. The zero-order valence-corrected chi connectivity index (χ0v) is 19.4. The Hall–Kier alpha value is -2.21. The van der Waals surface area contributed by atoms with Crippen LogP contribution >= 0.6 is 11.3 Å². The summed E-state index contributed by atoms with van der Waals surface area (Å²) in [5, 5.41) is 7.71. The highest BCUT2D eigenvalue weighted by molar-refractivity contribution is 7.16. The maximum atomic E-state index is 13.1. The first-order chi connectivity index (χ1) is 14.4. The molecule has 1 aliphatic carbocycles. The number of hydrogen-bond donors (Lipinski definition) is 2. The molecular formula is C24H32N2O3S. The Morgan fingerprint density at radius 3 is 2.70 bits per heavy atom. The highest BCUT2D eigenvalue weighted by Crippen LogP contribution is 2.47. The van der Waals surface area contributed by atoms with Gasteiger partial charge < -0.3 is 20.1 Å². The molecule has 30 heavy (non-hydrogen) atoms. The Kier molecular flexibility index (Phi) is 5.71. The summed E-state index contributed by atoms with van der Waals surface area (Å²) in [5.41, 5.74) is 3.40. The Bertz CT molecular complexity index is 950. The Labute approximate surface area is 183 Å². The van der Waals surface area contributed by atoms with Gasteiger partial charge >= 0.3 is 0 Å². The zero-order valence-electron chi connectivity index (χ0n) is 18.6. The lowest BCUT2D eigenvalue weighted by Gasteiger charge is -2.36. The van der Waals surface area contributed by atoms with E-state index in [1.807, 2.05) is 25.1 Å². The van der Waals surface area contributed by atoms with E-state index in [9.17, 15) is 4.79 Å². The van der Waals surface area contributed by atoms with E-state index in [1.165, 1.54) is 16.9 Å². The van der Waals surface area contributed by atoms with Crippen LogP contribution in [0.1, 0.15) is 73.1 Å². The topological polar surface area (TPSA) is 59.6 Å². The van der Waals surface area contributed by atoms with Gasteiger partial charge in [-0.05, 0) is 60.8 Å². The molecule has 1 aromatic carbocycles. The number of carbonyl (C=O) groups is 1. The van der Waals surface area contributed by atoms with Crippen molar-refractivity contribution in [3.8, 4) is 11.5 Å². The van der Waals surface area contributed by atoms with Crippen molar-refractivity contribution in [3.63, 3.8) is 0 Å². The van der Waals surface area contributed by atoms with Gasteiger partial charge in [-0.25, -0.2) is 0 Å². The number of hydrogen-bond acceptors (Lipinski definition) is 5. The molecule has 0 fully saturated rings. The lowest BCUT2D eigenvalue weighted by molar-refractivity contribution is 0.0934. The predicted octanol–water partition coefficient (Wildman–Crippen LogP) is 5.55. The third kappa shape index (κ3) is 3.66. The molecule has 0 spiro atoms. The van der Waals surface area contributed by atoms with Crippen molar-refractivity contribution in [2.24, 2.45) is 11.3 Å². The first-order valence-electron chi connectivity index (χ1n) is 10.9. The number of thiophene rings is 1. The Morgan fingerprint density at radius 1 is 1.20 bits per heavy atom. The average molecular weight is 429 g/mol. The smallest absolute Gasteiger partial charge is 0.256 e. The van der Waals surface area contributed by atoms with Crippen LogP contribution in [0.25, 0.3) is 0 Å². The van der Waals surface area contributed by atoms with Crippen molar-refractivity contribution in [2.45, 2.75) is 59.5 Å². The highest BCUT2D eigenvalue weighted by atomic mass is 32.1. The quantitative estimate of drug-likeness (QED) is 0.633. The third-order valence-corrected chi connectivity index (χ3v) is 8.07. The maximum absolute atomic E-state index is 13.1. The Balaban J connectivity index is 1.61. The number of methoxy groups -OCH3 is 1. The molecule has 2 N–H and O–H groups in total. The second-order valence-electron chi connectivity index (χ2n) is 8.88. The second-order valence-corrected chi connectivity index (χ2v) is 9.99. The van der Waals surface area contributed by atoms with Crippen LogP contribution in [0.2, 0.25) is 0 Å². The van der Waals surface area contributed by atoms with Gasteiger partial charge in [0.25, 0.3) is 5.91 Å². The summed E-state index contributed by atoms with van der Waals surface area (Å²) in [7, 11) is 1.63. The molecule has 2 atom stereocenters. The van der Waals surface area contributed by atoms with E-state index in [-0.39, 0.29) is 12.1 Å². The largest absolute Gasteiger partial charge is 0.493 e. The molecule has 1 aliphatic heterocycles. The normalized spacial score (nSPS) is 20.6. The minimum absolute atomic E-state index is 0.0215. The molecule has 0 saturated heterocycles. The van der Waals surface area contributed by atoms with Crippen LogP contribution in [0, 0.1) is 11.3 Å². The van der Waals surface area contributed by atoms with E-state index in [1.54, 1.807) is 18.4 Å². The molecule has 0 saturated carbocycles. The van der Waals surface area contributed by atoms with Crippen LogP contribution < -0.4 is 20.1 Å². The molecule has 2 aliphatic rings. The first kappa shape index (κ1) is 21.0. The van der Waals surface area contributed by atoms with E-state index in [2.05, 4.69) is 31.4 Å². The molecule has 1 aromatic heterocycles. The minimum Gasteiger partial charge on any atom is -0.493 e. The number of anilines is 1. The van der Waals surface area contributed by atoms with Gasteiger partial charge in [-0.1, -0.05) is 33.3 Å². The van der Waals surface area contributed by atoms with Crippen LogP contribution in [-0.4, -0.2) is 19.6 Å². The zero-order chi connectivity index (χ0) is 21.5. The molecule has 0 bridgehead atoms. The lowest BCUT2D eigenvalue weighted by Crippen LogP contribution is -2.38. The summed E-state index contributed by atoms with van der Waals surface area (Å²) in [4.78, 5) is 14.5. The molecule has 6 heteroatoms. The lowest BCUT2D eigenvalue weighted by atomic mass is 9.69. The van der Waals surface area contributed by atoms with E-state index < -0.39 is 0 Å². The van der Waals surface area contributed by atoms with Crippen LogP contribution in [0.15, 0.2) is 18.2 Å². The fraction of sp³-hybridized carbons (Fsp3) is 0.542. The maximum Gasteiger partial charge on any atom is 0.256 e. The summed E-state index contributed by atoms with van der Waals surface area (Å²) in [5.74, 6) is 2.08. The fourth-order valence-corrected chi connectivity index (χ4v) is 5.91. The molecular weight excluding hydrogens is 396 g/mol. The monoisotopic (exact) mass is 428 g/mol. The van der Waals surface area contributed by atoms with Crippen LogP contribution in [-0.2, 0) is 12.8 Å². The van der Waals surface area contributed by atoms with Gasteiger partial charge in [0.1, 0.15) is 11.2 Å². The van der Waals surface area contributed by atoms with Gasteiger partial charge in [-0.2, -0.15) is 0 Å². The average Bonchev–Trinajstić information content (AvgIpc) is 3.12. The van der Waals surface area contributed by atoms with Crippen LogP contribution in [0.3, 0.4) is 0 Å². The molecule has 2 heterocycles. The summed E-state index contributed by atoms with van der Waals surface area (Å²) in [6.45, 7) is 9.52. The van der Waals surface area contributed by atoms with Crippen molar-refractivity contribution in [2.75, 3.05) is 19.0 Å². The van der Waals surface area contributed by atoms with E-state index in [0.717, 1.165) is 35.4 Å². The van der Waals surface area contributed by atoms with Gasteiger partial charge in [0.15, 0.2) is 11.5 Å². The van der Waals surface area contributed by atoms with E-state index in [0.29, 0.717) is 29.4 Å². The van der Waals surface area contributed by atoms with Gasteiger partial charge in [0, 0.05) is 4.88 Å². The second kappa shape index (κ2) is 8.14. The van der Waals surface area contributed by atoms with Crippen LogP contribution in [0.4, 0.5) is 5.00 Å². The standard InChI is InChI=1S/C24H32N2O3S/c1-6-24(3,4)15-9-10-16-19(13-15)30-23-20(16)22(27)25-21(26-23)14-8-11-17(28-5)18(12-14)29-7-2/h8,11-12,15,21,26H,6-7,9-10,13H2,1-5H3,(H,25,27). The van der Waals surface area contributed by atoms with Crippen molar-refractivity contribution in [1.29, 1.82) is 0 Å². The predicted molar refractivity (Wildman–Crippen MR) is 122 cm³/mol. The molecule has 0 radical (unpaired) electrons. The number of benzene rings is 1. The summed E-state index contributed by atoms with van der Waals surface area (Å²) in [6.07, 6.45) is 4.12. The molecule has 4 rings (SSSR count).